The zero-order valence-electron chi connectivity index (χ0n) is 11.9. The maximum atomic E-state index is 12.2. The van der Waals surface area contributed by atoms with Crippen molar-refractivity contribution in [2.75, 3.05) is 39.5 Å². The maximum absolute atomic E-state index is 12.2. The van der Waals surface area contributed by atoms with Gasteiger partial charge in [0.2, 0.25) is 5.91 Å². The van der Waals surface area contributed by atoms with Gasteiger partial charge in [-0.05, 0) is 19.3 Å². The minimum Gasteiger partial charge on any atom is -0.378 e. The molecule has 1 amide bonds. The molecule has 0 bridgehead atoms. The topological polar surface area (TPSA) is 60.0 Å². The van der Waals surface area contributed by atoms with Gasteiger partial charge in [-0.15, -0.1) is 0 Å². The Morgan fingerprint density at radius 3 is 2.75 bits per heavy atom. The molecule has 3 aliphatic rings. The summed E-state index contributed by atoms with van der Waals surface area (Å²) in [5.41, 5.74) is 0. The third-order valence-electron chi connectivity index (χ3n) is 4.01. The highest BCUT2D eigenvalue weighted by Gasteiger charge is 2.33. The fraction of sp³-hybridized carbons (Fsp3) is 0.929. The molecule has 1 saturated carbocycles. The van der Waals surface area contributed by atoms with E-state index in [2.05, 4.69) is 10.2 Å². The predicted octanol–water partition coefficient (Wildman–Crippen LogP) is 0.119. The SMILES string of the molecule is O=C(NC1CC1)C1COCCN1CCC1OCCCO1. The molecule has 2 saturated heterocycles. The van der Waals surface area contributed by atoms with Gasteiger partial charge in [0.25, 0.3) is 0 Å². The van der Waals surface area contributed by atoms with E-state index >= 15 is 0 Å². The van der Waals surface area contributed by atoms with Crippen LogP contribution in [0.2, 0.25) is 0 Å². The number of nitrogens with one attached hydrogen (secondary N) is 1. The van der Waals surface area contributed by atoms with E-state index in [-0.39, 0.29) is 18.2 Å². The van der Waals surface area contributed by atoms with Gasteiger partial charge in [0.1, 0.15) is 6.04 Å². The lowest BCUT2D eigenvalue weighted by atomic mass is 10.2. The number of ether oxygens (including phenoxy) is 3. The smallest absolute Gasteiger partial charge is 0.239 e. The molecule has 1 atom stereocenters. The molecule has 0 aromatic heterocycles. The highest BCUT2D eigenvalue weighted by molar-refractivity contribution is 5.82. The van der Waals surface area contributed by atoms with Crippen LogP contribution in [0.5, 0.6) is 0 Å². The van der Waals surface area contributed by atoms with Crippen LogP contribution in [0.4, 0.5) is 0 Å². The number of amides is 1. The van der Waals surface area contributed by atoms with Gasteiger partial charge in [0.05, 0.1) is 26.4 Å². The van der Waals surface area contributed by atoms with Gasteiger partial charge >= 0.3 is 0 Å². The van der Waals surface area contributed by atoms with E-state index in [0.717, 1.165) is 52.0 Å². The van der Waals surface area contributed by atoms with Gasteiger partial charge in [0.15, 0.2) is 6.29 Å². The standard InChI is InChI=1S/C14H24N2O4/c17-14(15-11-2-3-11)12-10-18-9-6-16(12)5-4-13-19-7-1-8-20-13/h11-13H,1-10H2,(H,15,17). The number of hydrogen-bond donors (Lipinski definition) is 1. The van der Waals surface area contributed by atoms with Crippen LogP contribution >= 0.6 is 0 Å². The molecule has 2 aliphatic heterocycles. The second kappa shape index (κ2) is 6.85. The lowest BCUT2D eigenvalue weighted by Gasteiger charge is -2.35. The molecule has 114 valence electrons. The fourth-order valence-corrected chi connectivity index (χ4v) is 2.65. The normalized spacial score (nSPS) is 29.3. The van der Waals surface area contributed by atoms with Crippen LogP contribution in [-0.4, -0.2) is 68.7 Å². The van der Waals surface area contributed by atoms with Crippen LogP contribution in [0, 0.1) is 0 Å². The summed E-state index contributed by atoms with van der Waals surface area (Å²) >= 11 is 0. The number of rotatable bonds is 5. The van der Waals surface area contributed by atoms with Gasteiger partial charge < -0.3 is 19.5 Å². The average Bonchev–Trinajstić information content (AvgIpc) is 3.30. The Hall–Kier alpha value is -0.690. The first-order valence-corrected chi connectivity index (χ1v) is 7.68. The Morgan fingerprint density at radius 1 is 1.20 bits per heavy atom. The zero-order valence-corrected chi connectivity index (χ0v) is 11.9. The third-order valence-corrected chi connectivity index (χ3v) is 4.01. The first kappa shape index (κ1) is 14.3. The summed E-state index contributed by atoms with van der Waals surface area (Å²) in [6.45, 7) is 4.36. The van der Waals surface area contributed by atoms with Gasteiger partial charge in [-0.25, -0.2) is 0 Å². The summed E-state index contributed by atoms with van der Waals surface area (Å²) in [6, 6.07) is 0.240. The molecule has 6 nitrogen and oxygen atoms in total. The molecule has 0 radical (unpaired) electrons. The Kier molecular flexibility index (Phi) is 4.88. The molecule has 20 heavy (non-hydrogen) atoms. The molecule has 1 aliphatic carbocycles. The summed E-state index contributed by atoms with van der Waals surface area (Å²) in [5.74, 6) is 0.109. The fourth-order valence-electron chi connectivity index (χ4n) is 2.65. The van der Waals surface area contributed by atoms with E-state index in [4.69, 9.17) is 14.2 Å². The molecule has 6 heteroatoms. The Bertz CT molecular complexity index is 329. The van der Waals surface area contributed by atoms with Crippen molar-refractivity contribution in [3.63, 3.8) is 0 Å². The minimum atomic E-state index is -0.159. The molecular formula is C14H24N2O4. The molecular weight excluding hydrogens is 260 g/mol. The third kappa shape index (κ3) is 3.91. The first-order valence-electron chi connectivity index (χ1n) is 7.68. The van der Waals surface area contributed by atoms with Crippen molar-refractivity contribution in [3.8, 4) is 0 Å². The Morgan fingerprint density at radius 2 is 2.00 bits per heavy atom. The lowest BCUT2D eigenvalue weighted by molar-refractivity contribution is -0.184. The van der Waals surface area contributed by atoms with Crippen LogP contribution in [0.1, 0.15) is 25.7 Å². The molecule has 1 unspecified atom stereocenters. The van der Waals surface area contributed by atoms with Crippen molar-refractivity contribution >= 4 is 5.91 Å². The quantitative estimate of drug-likeness (QED) is 0.777. The van der Waals surface area contributed by atoms with Gasteiger partial charge in [-0.3, -0.25) is 9.69 Å². The zero-order chi connectivity index (χ0) is 13.8. The molecule has 2 heterocycles. The van der Waals surface area contributed by atoms with Crippen LogP contribution in [0.3, 0.4) is 0 Å². The van der Waals surface area contributed by atoms with Crippen LogP contribution in [-0.2, 0) is 19.0 Å². The molecule has 3 fully saturated rings. The average molecular weight is 284 g/mol. The second-order valence-electron chi connectivity index (χ2n) is 5.72. The van der Waals surface area contributed by atoms with Crippen molar-refractivity contribution in [2.45, 2.75) is 44.1 Å². The highest BCUT2D eigenvalue weighted by Crippen LogP contribution is 2.20. The molecule has 0 aromatic rings. The lowest BCUT2D eigenvalue weighted by Crippen LogP contribution is -2.54. The summed E-state index contributed by atoms with van der Waals surface area (Å²) in [7, 11) is 0. The predicted molar refractivity (Wildman–Crippen MR) is 72.3 cm³/mol. The number of carbonyl (C=O) groups is 1. The van der Waals surface area contributed by atoms with E-state index in [1.807, 2.05) is 0 Å². The van der Waals surface area contributed by atoms with E-state index in [1.165, 1.54) is 0 Å². The number of carbonyl (C=O) groups excluding carboxylic acids is 1. The summed E-state index contributed by atoms with van der Waals surface area (Å²) in [4.78, 5) is 14.4. The van der Waals surface area contributed by atoms with Crippen molar-refractivity contribution in [1.29, 1.82) is 0 Å². The van der Waals surface area contributed by atoms with Crippen LogP contribution in [0.25, 0.3) is 0 Å². The maximum Gasteiger partial charge on any atom is 0.239 e. The highest BCUT2D eigenvalue weighted by atomic mass is 16.7. The molecule has 0 aromatic carbocycles. The van der Waals surface area contributed by atoms with Crippen molar-refractivity contribution in [3.05, 3.63) is 0 Å². The monoisotopic (exact) mass is 284 g/mol. The Balaban J connectivity index is 1.47. The van der Waals surface area contributed by atoms with Crippen molar-refractivity contribution < 1.29 is 19.0 Å². The van der Waals surface area contributed by atoms with Crippen molar-refractivity contribution in [2.24, 2.45) is 0 Å². The van der Waals surface area contributed by atoms with Crippen LogP contribution < -0.4 is 5.32 Å². The molecule has 0 spiro atoms. The summed E-state index contributed by atoms with van der Waals surface area (Å²) in [5, 5.41) is 3.07. The Labute approximate surface area is 119 Å². The van der Waals surface area contributed by atoms with Gasteiger partial charge in [-0.1, -0.05) is 0 Å². The molecule has 3 rings (SSSR count). The number of hydrogen-bond acceptors (Lipinski definition) is 5. The summed E-state index contributed by atoms with van der Waals surface area (Å²) < 4.78 is 16.6. The van der Waals surface area contributed by atoms with E-state index in [9.17, 15) is 4.79 Å². The minimum absolute atomic E-state index is 0.109. The van der Waals surface area contributed by atoms with E-state index < -0.39 is 0 Å². The number of morpholine rings is 1. The van der Waals surface area contributed by atoms with E-state index in [0.29, 0.717) is 19.3 Å². The van der Waals surface area contributed by atoms with Gasteiger partial charge in [-0.2, -0.15) is 0 Å². The largest absolute Gasteiger partial charge is 0.378 e. The number of nitrogens with zero attached hydrogens (tertiary/aromatic N) is 1. The second-order valence-corrected chi connectivity index (χ2v) is 5.72. The molecule has 1 N–H and O–H groups in total. The van der Waals surface area contributed by atoms with Crippen molar-refractivity contribution in [1.82, 2.24) is 10.2 Å². The first-order chi connectivity index (χ1) is 9.83. The van der Waals surface area contributed by atoms with E-state index in [1.54, 1.807) is 0 Å². The van der Waals surface area contributed by atoms with Gasteiger partial charge in [0, 0.05) is 25.6 Å². The van der Waals surface area contributed by atoms with Crippen LogP contribution in [0.15, 0.2) is 0 Å². The summed E-state index contributed by atoms with van der Waals surface area (Å²) in [6.07, 6.45) is 3.90.